The molecule has 10 aromatic rings. The number of anilines is 3. The van der Waals surface area contributed by atoms with Crippen molar-refractivity contribution in [1.29, 1.82) is 0 Å². The van der Waals surface area contributed by atoms with Gasteiger partial charge in [0.2, 0.25) is 0 Å². The van der Waals surface area contributed by atoms with Gasteiger partial charge in [-0.2, -0.15) is 0 Å². The Kier molecular flexibility index (Phi) is 6.12. The Bertz CT molecular complexity index is 2830. The van der Waals surface area contributed by atoms with E-state index in [0.717, 1.165) is 11.4 Å². The van der Waals surface area contributed by atoms with E-state index in [1.165, 1.54) is 80.1 Å². The lowest BCUT2D eigenvalue weighted by Crippen LogP contribution is -2.10. The van der Waals surface area contributed by atoms with Crippen LogP contribution in [0.3, 0.4) is 0 Å². The van der Waals surface area contributed by atoms with Crippen molar-refractivity contribution in [2.75, 3.05) is 4.90 Å². The third kappa shape index (κ3) is 4.24. The van der Waals surface area contributed by atoms with E-state index in [-0.39, 0.29) is 0 Å². The maximum atomic E-state index is 2.46. The first kappa shape index (κ1) is 27.2. The van der Waals surface area contributed by atoms with Crippen molar-refractivity contribution in [1.82, 2.24) is 0 Å². The summed E-state index contributed by atoms with van der Waals surface area (Å²) in [6, 6.07) is 64.6. The lowest BCUT2D eigenvalue weighted by molar-refractivity contribution is 1.31. The monoisotopic (exact) mass is 627 g/mol. The van der Waals surface area contributed by atoms with Crippen LogP contribution in [-0.2, 0) is 0 Å². The van der Waals surface area contributed by atoms with Gasteiger partial charge in [0.15, 0.2) is 0 Å². The smallest absolute Gasteiger partial charge is 0.0640 e. The van der Waals surface area contributed by atoms with E-state index in [9.17, 15) is 0 Å². The summed E-state index contributed by atoms with van der Waals surface area (Å²) >= 11 is 1.87. The van der Waals surface area contributed by atoms with Crippen LogP contribution in [0, 0.1) is 0 Å². The lowest BCUT2D eigenvalue weighted by atomic mass is 9.94. The zero-order chi connectivity index (χ0) is 31.6. The summed E-state index contributed by atoms with van der Waals surface area (Å²) in [6.07, 6.45) is 0. The third-order valence-electron chi connectivity index (χ3n) is 9.80. The molecule has 0 saturated carbocycles. The number of hydrogen-bond donors (Lipinski definition) is 0. The number of nitrogens with zero attached hydrogens (tertiary/aromatic N) is 1. The van der Waals surface area contributed by atoms with E-state index in [4.69, 9.17) is 0 Å². The van der Waals surface area contributed by atoms with Gasteiger partial charge < -0.3 is 4.90 Å². The van der Waals surface area contributed by atoms with Gasteiger partial charge in [-0.25, -0.2) is 0 Å². The largest absolute Gasteiger partial charge is 0.309 e. The number of hydrogen-bond acceptors (Lipinski definition) is 2. The predicted octanol–water partition coefficient (Wildman–Crippen LogP) is 13.8. The van der Waals surface area contributed by atoms with Crippen molar-refractivity contribution < 1.29 is 0 Å². The van der Waals surface area contributed by atoms with Crippen LogP contribution in [-0.4, -0.2) is 0 Å². The molecule has 10 rings (SSSR count). The van der Waals surface area contributed by atoms with Crippen LogP contribution in [0.2, 0.25) is 0 Å². The van der Waals surface area contributed by atoms with Crippen LogP contribution in [0.4, 0.5) is 17.1 Å². The first-order valence-electron chi connectivity index (χ1n) is 16.4. The van der Waals surface area contributed by atoms with Crippen LogP contribution in [0.1, 0.15) is 0 Å². The maximum Gasteiger partial charge on any atom is 0.0640 e. The summed E-state index contributed by atoms with van der Waals surface area (Å²) in [7, 11) is 0. The van der Waals surface area contributed by atoms with E-state index < -0.39 is 0 Å². The molecular weight excluding hydrogens is 599 g/mol. The standard InChI is InChI=1S/C46H29NS/c1-2-12-31-27-33(24-23-30(31)11-1)32-13-9-14-34(28-32)47(44-21-10-20-42-41-19-7-8-22-45(41)48-46(42)44)35-25-26-40-38-17-4-3-15-36(38)37-16-5-6-18-39(37)43(40)29-35/h1-29H. The van der Waals surface area contributed by atoms with E-state index >= 15 is 0 Å². The first-order chi connectivity index (χ1) is 23.8. The average molecular weight is 628 g/mol. The van der Waals surface area contributed by atoms with Crippen LogP contribution in [0.5, 0.6) is 0 Å². The Hall–Kier alpha value is -5.96. The van der Waals surface area contributed by atoms with Gasteiger partial charge in [0.1, 0.15) is 0 Å². The molecule has 0 amide bonds. The molecule has 1 nitrogen and oxygen atoms in total. The van der Waals surface area contributed by atoms with Gasteiger partial charge in [-0.15, -0.1) is 11.3 Å². The Morgan fingerprint density at radius 1 is 0.333 bits per heavy atom. The van der Waals surface area contributed by atoms with Crippen molar-refractivity contribution >= 4 is 91.7 Å². The third-order valence-corrected chi connectivity index (χ3v) is 11.0. The first-order valence-corrected chi connectivity index (χ1v) is 17.2. The zero-order valence-corrected chi connectivity index (χ0v) is 26.9. The van der Waals surface area contributed by atoms with E-state index in [1.807, 2.05) is 11.3 Å². The molecule has 0 fully saturated rings. The molecule has 0 aliphatic heterocycles. The van der Waals surface area contributed by atoms with Crippen molar-refractivity contribution in [2.45, 2.75) is 0 Å². The highest BCUT2D eigenvalue weighted by molar-refractivity contribution is 7.26. The second-order valence-corrected chi connectivity index (χ2v) is 13.6. The summed E-state index contributed by atoms with van der Waals surface area (Å²) in [4.78, 5) is 2.46. The molecule has 0 spiro atoms. The topological polar surface area (TPSA) is 3.24 Å². The Labute approximate surface area is 282 Å². The minimum absolute atomic E-state index is 1.13. The van der Waals surface area contributed by atoms with Gasteiger partial charge in [0, 0.05) is 26.8 Å². The summed E-state index contributed by atoms with van der Waals surface area (Å²) < 4.78 is 2.60. The number of fused-ring (bicyclic) bond motifs is 10. The van der Waals surface area contributed by atoms with Crippen molar-refractivity contribution in [3.05, 3.63) is 176 Å². The van der Waals surface area contributed by atoms with E-state index in [1.54, 1.807) is 0 Å². The highest BCUT2D eigenvalue weighted by atomic mass is 32.1. The molecule has 1 aromatic heterocycles. The quantitative estimate of drug-likeness (QED) is 0.176. The van der Waals surface area contributed by atoms with Gasteiger partial charge in [-0.05, 0) is 96.7 Å². The molecule has 2 heteroatoms. The zero-order valence-electron chi connectivity index (χ0n) is 26.1. The molecule has 0 unspecified atom stereocenters. The molecule has 0 bridgehead atoms. The molecule has 1 heterocycles. The maximum absolute atomic E-state index is 2.46. The van der Waals surface area contributed by atoms with Gasteiger partial charge >= 0.3 is 0 Å². The van der Waals surface area contributed by atoms with Gasteiger partial charge in [0.05, 0.1) is 10.4 Å². The molecule has 224 valence electrons. The lowest BCUT2D eigenvalue weighted by Gasteiger charge is -2.27. The molecular formula is C46H29NS. The molecule has 0 N–H and O–H groups in total. The second-order valence-electron chi connectivity index (χ2n) is 12.5. The molecule has 9 aromatic carbocycles. The molecule has 48 heavy (non-hydrogen) atoms. The Morgan fingerprint density at radius 3 is 1.71 bits per heavy atom. The summed E-state index contributed by atoms with van der Waals surface area (Å²) in [5.74, 6) is 0. The fraction of sp³-hybridized carbons (Fsp3) is 0. The molecule has 0 aliphatic rings. The summed E-state index contributed by atoms with van der Waals surface area (Å²) in [5.41, 5.74) is 5.88. The molecule has 0 saturated heterocycles. The Morgan fingerprint density at radius 2 is 0.917 bits per heavy atom. The highest BCUT2D eigenvalue weighted by Gasteiger charge is 2.20. The second kappa shape index (κ2) is 10.8. The average Bonchev–Trinajstić information content (AvgIpc) is 3.55. The van der Waals surface area contributed by atoms with Crippen LogP contribution >= 0.6 is 11.3 Å². The van der Waals surface area contributed by atoms with Crippen molar-refractivity contribution in [3.8, 4) is 11.1 Å². The van der Waals surface area contributed by atoms with Gasteiger partial charge in [0.25, 0.3) is 0 Å². The minimum Gasteiger partial charge on any atom is -0.309 e. The van der Waals surface area contributed by atoms with Crippen LogP contribution in [0.15, 0.2) is 176 Å². The highest BCUT2D eigenvalue weighted by Crippen LogP contribution is 2.46. The van der Waals surface area contributed by atoms with Crippen LogP contribution < -0.4 is 4.90 Å². The number of rotatable bonds is 4. The summed E-state index contributed by atoms with van der Waals surface area (Å²) in [5, 5.41) is 12.8. The fourth-order valence-electron chi connectivity index (χ4n) is 7.56. The molecule has 0 radical (unpaired) electrons. The fourth-order valence-corrected chi connectivity index (χ4v) is 8.77. The van der Waals surface area contributed by atoms with Gasteiger partial charge in [-0.3, -0.25) is 0 Å². The number of thiophene rings is 1. The van der Waals surface area contributed by atoms with Crippen LogP contribution in [0.25, 0.3) is 74.4 Å². The molecule has 0 aliphatic carbocycles. The molecule has 0 atom stereocenters. The Balaban J connectivity index is 1.25. The van der Waals surface area contributed by atoms with E-state index in [2.05, 4.69) is 181 Å². The number of benzene rings is 9. The normalized spacial score (nSPS) is 11.8. The van der Waals surface area contributed by atoms with Crippen molar-refractivity contribution in [3.63, 3.8) is 0 Å². The van der Waals surface area contributed by atoms with Crippen molar-refractivity contribution in [2.24, 2.45) is 0 Å². The minimum atomic E-state index is 1.13. The SMILES string of the molecule is c1cc(-c2ccc3ccccc3c2)cc(N(c2ccc3c4ccccc4c4ccccc4c3c2)c2cccc3c2sc2ccccc23)c1. The summed E-state index contributed by atoms with van der Waals surface area (Å²) in [6.45, 7) is 0. The predicted molar refractivity (Wildman–Crippen MR) is 209 cm³/mol. The van der Waals surface area contributed by atoms with Gasteiger partial charge in [-0.1, -0.05) is 133 Å². The van der Waals surface area contributed by atoms with E-state index in [0.29, 0.717) is 0 Å².